The molecule has 0 spiro atoms. The molecule has 1 amide bonds. The molecule has 0 bridgehead atoms. The van der Waals surface area contributed by atoms with Crippen molar-refractivity contribution in [3.8, 4) is 5.75 Å². The maximum absolute atomic E-state index is 12.5. The number of hydrogen-bond acceptors (Lipinski definition) is 7. The largest absolute Gasteiger partial charge is 0.508 e. The van der Waals surface area contributed by atoms with Crippen LogP contribution in [0.5, 0.6) is 5.75 Å². The predicted molar refractivity (Wildman–Crippen MR) is 142 cm³/mol. The molecule has 2 aromatic rings. The molecule has 3 aliphatic carbocycles. The Morgan fingerprint density at radius 2 is 2.16 bits per heavy atom. The number of carboxylic acid groups (broad SMARTS) is 1. The van der Waals surface area contributed by atoms with Gasteiger partial charge in [-0.1, -0.05) is 18.1 Å². The van der Waals surface area contributed by atoms with Crippen molar-refractivity contribution in [2.45, 2.75) is 71.1 Å². The summed E-state index contributed by atoms with van der Waals surface area (Å²) in [6, 6.07) is 5.82. The van der Waals surface area contributed by atoms with Gasteiger partial charge in [0.05, 0.1) is 5.71 Å². The second kappa shape index (κ2) is 10.4. The number of hydrogen-bond donors (Lipinski definition) is 3. The number of benzene rings is 1. The highest BCUT2D eigenvalue weighted by Gasteiger charge is 2.57. The van der Waals surface area contributed by atoms with E-state index in [4.69, 9.17) is 9.94 Å². The minimum absolute atomic E-state index is 0.0123. The predicted octanol–water partition coefficient (Wildman–Crippen LogP) is 5.51. The number of carbonyl (C=O) groups excluding carboxylic acids is 1. The van der Waals surface area contributed by atoms with E-state index in [1.54, 1.807) is 12.3 Å². The number of aliphatic carboxylic acids is 1. The Balaban J connectivity index is 1.33. The maximum atomic E-state index is 12.5. The Morgan fingerprint density at radius 3 is 2.92 bits per heavy atom. The Bertz CT molecular complexity index is 1210. The third-order valence-corrected chi connectivity index (χ3v) is 9.62. The van der Waals surface area contributed by atoms with Crippen LogP contribution in [0, 0.1) is 30.1 Å². The summed E-state index contributed by atoms with van der Waals surface area (Å²) in [5.74, 6) is 0.969. The fourth-order valence-corrected chi connectivity index (χ4v) is 8.02. The molecule has 3 unspecified atom stereocenters. The Kier molecular flexibility index (Phi) is 7.25. The van der Waals surface area contributed by atoms with Crippen LogP contribution in [-0.2, 0) is 20.8 Å². The summed E-state index contributed by atoms with van der Waals surface area (Å²) < 4.78 is 0. The number of anilines is 1. The van der Waals surface area contributed by atoms with E-state index in [0.717, 1.165) is 55.5 Å². The van der Waals surface area contributed by atoms with Crippen LogP contribution in [0.3, 0.4) is 0 Å². The highest BCUT2D eigenvalue weighted by atomic mass is 32.1. The lowest BCUT2D eigenvalue weighted by Crippen LogP contribution is -2.44. The van der Waals surface area contributed by atoms with E-state index in [-0.39, 0.29) is 11.3 Å². The SMILES string of the molecule is Cc1cnc(NC(=O)CCC[C@@H]2C/C(=N\OCC(=O)O)[C@@]3(C)CCC4c5ccc(O)cc5CCC4C23)s1. The number of oxime groups is 1. The summed E-state index contributed by atoms with van der Waals surface area (Å²) in [6.45, 7) is 3.81. The monoisotopic (exact) mass is 525 g/mol. The van der Waals surface area contributed by atoms with Crippen molar-refractivity contribution >= 4 is 34.1 Å². The number of carbonyl (C=O) groups is 2. The van der Waals surface area contributed by atoms with Crippen LogP contribution >= 0.6 is 11.3 Å². The van der Waals surface area contributed by atoms with Gasteiger partial charge in [0.15, 0.2) is 5.13 Å². The van der Waals surface area contributed by atoms with E-state index in [1.165, 1.54) is 22.5 Å². The number of thiazole rings is 1. The summed E-state index contributed by atoms with van der Waals surface area (Å²) in [5.41, 5.74) is 3.45. The van der Waals surface area contributed by atoms with Gasteiger partial charge < -0.3 is 20.4 Å². The number of amides is 1. The van der Waals surface area contributed by atoms with Crippen molar-refractivity contribution in [1.82, 2.24) is 4.98 Å². The summed E-state index contributed by atoms with van der Waals surface area (Å²) in [4.78, 5) is 34.1. The number of phenols is 1. The summed E-state index contributed by atoms with van der Waals surface area (Å²) >= 11 is 1.48. The lowest BCUT2D eigenvalue weighted by molar-refractivity contribution is -0.142. The number of aromatic nitrogens is 1. The molecule has 0 aliphatic heterocycles. The van der Waals surface area contributed by atoms with Crippen molar-refractivity contribution in [3.05, 3.63) is 40.4 Å². The molecule has 3 N–H and O–H groups in total. The van der Waals surface area contributed by atoms with Crippen molar-refractivity contribution in [1.29, 1.82) is 0 Å². The van der Waals surface area contributed by atoms with Gasteiger partial charge >= 0.3 is 5.97 Å². The van der Waals surface area contributed by atoms with Gasteiger partial charge in [0.2, 0.25) is 12.5 Å². The molecule has 1 heterocycles. The highest BCUT2D eigenvalue weighted by molar-refractivity contribution is 7.15. The van der Waals surface area contributed by atoms with Crippen LogP contribution < -0.4 is 5.32 Å². The molecule has 5 atom stereocenters. The third-order valence-electron chi connectivity index (χ3n) is 8.79. The molecule has 8 nitrogen and oxygen atoms in total. The fourth-order valence-electron chi connectivity index (χ4n) is 7.34. The summed E-state index contributed by atoms with van der Waals surface area (Å²) in [7, 11) is 0. The first-order valence-electron chi connectivity index (χ1n) is 13.2. The molecule has 2 saturated carbocycles. The first-order valence-corrected chi connectivity index (χ1v) is 14.0. The molecule has 198 valence electrons. The minimum atomic E-state index is -1.03. The number of fused-ring (bicyclic) bond motifs is 5. The number of aromatic hydroxyl groups is 1. The van der Waals surface area contributed by atoms with E-state index < -0.39 is 12.6 Å². The first-order chi connectivity index (χ1) is 17.7. The fraction of sp³-hybridized carbons (Fsp3) is 0.571. The third kappa shape index (κ3) is 5.23. The van der Waals surface area contributed by atoms with Gasteiger partial charge in [-0.2, -0.15) is 0 Å². The molecular weight excluding hydrogens is 490 g/mol. The van der Waals surface area contributed by atoms with Crippen LogP contribution in [0.25, 0.3) is 0 Å². The van der Waals surface area contributed by atoms with Gasteiger partial charge in [-0.25, -0.2) is 9.78 Å². The van der Waals surface area contributed by atoms with Gasteiger partial charge in [-0.05, 0) is 98.8 Å². The molecule has 37 heavy (non-hydrogen) atoms. The van der Waals surface area contributed by atoms with Crippen molar-refractivity contribution in [3.63, 3.8) is 0 Å². The quantitative estimate of drug-likeness (QED) is 0.391. The highest BCUT2D eigenvalue weighted by Crippen LogP contribution is 2.62. The Hall–Kier alpha value is -2.94. The maximum Gasteiger partial charge on any atom is 0.344 e. The molecule has 0 saturated heterocycles. The van der Waals surface area contributed by atoms with Crippen LogP contribution in [-0.4, -0.2) is 39.4 Å². The van der Waals surface area contributed by atoms with Gasteiger partial charge in [0, 0.05) is 22.9 Å². The van der Waals surface area contributed by atoms with E-state index in [1.807, 2.05) is 13.0 Å². The van der Waals surface area contributed by atoms with Crippen LogP contribution in [0.4, 0.5) is 5.13 Å². The van der Waals surface area contributed by atoms with Crippen LogP contribution in [0.2, 0.25) is 0 Å². The van der Waals surface area contributed by atoms with E-state index in [2.05, 4.69) is 28.4 Å². The zero-order chi connectivity index (χ0) is 26.2. The standard InChI is InChI=1S/C28H35N3O5S/c1-16-14-29-27(37-16)30-24(33)5-3-4-18-13-23(31-36-15-25(34)35)28(2)11-10-21-20-9-7-19(32)12-17(20)6-8-22(21)26(18)28/h7,9,12,14,18,21-22,26,32H,3-6,8,10-11,13,15H2,1-2H3,(H,34,35)(H,29,30,33)/b31-23+/t18-,21?,22?,26?,28-/m1/s1. The van der Waals surface area contributed by atoms with Crippen LogP contribution in [0.15, 0.2) is 29.6 Å². The number of nitrogens with zero attached hydrogens (tertiary/aromatic N) is 2. The Morgan fingerprint density at radius 1 is 1.32 bits per heavy atom. The topological polar surface area (TPSA) is 121 Å². The second-order valence-electron chi connectivity index (χ2n) is 11.1. The van der Waals surface area contributed by atoms with Gasteiger partial charge in [-0.15, -0.1) is 11.3 Å². The molecule has 9 heteroatoms. The lowest BCUT2D eigenvalue weighted by Gasteiger charge is -2.50. The molecular formula is C28H35N3O5S. The summed E-state index contributed by atoms with van der Waals surface area (Å²) in [6.07, 6.45) is 8.68. The van der Waals surface area contributed by atoms with Crippen LogP contribution in [0.1, 0.15) is 73.8 Å². The number of carboxylic acids is 1. The smallest absolute Gasteiger partial charge is 0.344 e. The van der Waals surface area contributed by atoms with E-state index in [9.17, 15) is 14.7 Å². The second-order valence-corrected chi connectivity index (χ2v) is 12.3. The molecule has 1 aromatic heterocycles. The Labute approximate surface area is 221 Å². The molecule has 2 fully saturated rings. The van der Waals surface area contributed by atoms with Crippen molar-refractivity contribution in [2.24, 2.45) is 28.3 Å². The number of phenolic OH excluding ortho intramolecular Hbond substituents is 1. The zero-order valence-electron chi connectivity index (χ0n) is 21.4. The van der Waals surface area contributed by atoms with E-state index in [0.29, 0.717) is 41.0 Å². The molecule has 1 aromatic carbocycles. The molecule has 5 rings (SSSR count). The average molecular weight is 526 g/mol. The zero-order valence-corrected chi connectivity index (χ0v) is 22.2. The molecule has 3 aliphatic rings. The van der Waals surface area contributed by atoms with Crippen molar-refractivity contribution < 1.29 is 24.6 Å². The summed E-state index contributed by atoms with van der Waals surface area (Å²) in [5, 5.41) is 27.0. The number of aryl methyl sites for hydroxylation is 2. The lowest BCUT2D eigenvalue weighted by atomic mass is 9.54. The van der Waals surface area contributed by atoms with E-state index >= 15 is 0 Å². The molecule has 0 radical (unpaired) electrons. The van der Waals surface area contributed by atoms with Gasteiger partial charge in [0.1, 0.15) is 5.75 Å². The van der Waals surface area contributed by atoms with Crippen molar-refractivity contribution in [2.75, 3.05) is 11.9 Å². The van der Waals surface area contributed by atoms with Gasteiger partial charge in [0.25, 0.3) is 0 Å². The minimum Gasteiger partial charge on any atom is -0.508 e. The number of rotatable bonds is 8. The normalized spacial score (nSPS) is 29.3. The van der Waals surface area contributed by atoms with Gasteiger partial charge in [-0.3, -0.25) is 4.79 Å². The first kappa shape index (κ1) is 25.7. The number of nitrogens with one attached hydrogen (secondary N) is 1. The average Bonchev–Trinajstić information content (AvgIpc) is 3.38.